The molecule has 0 aliphatic carbocycles. The van der Waals surface area contributed by atoms with Crippen molar-refractivity contribution >= 4 is 38.5 Å². The molecule has 0 bridgehead atoms. The van der Waals surface area contributed by atoms with E-state index in [0.717, 1.165) is 12.8 Å². The first kappa shape index (κ1) is 17.3. The molecule has 0 spiro atoms. The van der Waals surface area contributed by atoms with Crippen LogP contribution in [-0.2, 0) is 10.2 Å². The highest BCUT2D eigenvalue weighted by Crippen LogP contribution is 2.31. The van der Waals surface area contributed by atoms with Gasteiger partial charge in [-0.3, -0.25) is 0 Å². The molecule has 0 saturated carbocycles. The summed E-state index contributed by atoms with van der Waals surface area (Å²) >= 11 is 5.88. The molecule has 1 fully saturated rings. The highest BCUT2D eigenvalue weighted by molar-refractivity contribution is 7.87. The van der Waals surface area contributed by atoms with E-state index in [1.54, 1.807) is 6.07 Å². The van der Waals surface area contributed by atoms with Crippen molar-refractivity contribution in [3.8, 4) is 0 Å². The lowest BCUT2D eigenvalue weighted by molar-refractivity contribution is 0.409. The number of hydrogen-bond acceptors (Lipinski definition) is 5. The van der Waals surface area contributed by atoms with Crippen LogP contribution in [-0.4, -0.2) is 38.0 Å². The molecular formula is C14H17ClFN5O2S. The molecular weight excluding hydrogens is 357 g/mol. The third kappa shape index (κ3) is 3.92. The van der Waals surface area contributed by atoms with Crippen molar-refractivity contribution in [3.63, 3.8) is 0 Å². The number of nitrogens with two attached hydrogens (primary N) is 1. The van der Waals surface area contributed by atoms with E-state index < -0.39 is 16.0 Å². The van der Waals surface area contributed by atoms with Crippen molar-refractivity contribution < 1.29 is 12.8 Å². The lowest BCUT2D eigenvalue weighted by Crippen LogP contribution is -2.42. The van der Waals surface area contributed by atoms with Gasteiger partial charge in [0.05, 0.1) is 10.9 Å². The smallest absolute Gasteiger partial charge is 0.274 e. The summed E-state index contributed by atoms with van der Waals surface area (Å²) in [5.74, 6) is 0.0878. The van der Waals surface area contributed by atoms with Crippen molar-refractivity contribution in [1.29, 1.82) is 0 Å². The van der Waals surface area contributed by atoms with E-state index in [-0.39, 0.29) is 17.5 Å². The van der Waals surface area contributed by atoms with E-state index in [2.05, 4.69) is 14.7 Å². The Morgan fingerprint density at radius 1 is 1.42 bits per heavy atom. The number of piperidine rings is 1. The molecule has 7 nitrogen and oxygen atoms in total. The zero-order valence-electron chi connectivity index (χ0n) is 12.7. The number of fused-ring (bicyclic) bond motifs is 1. The minimum Gasteiger partial charge on any atom is -0.356 e. The lowest BCUT2D eigenvalue weighted by atomic mass is 9.98. The summed E-state index contributed by atoms with van der Waals surface area (Å²) in [5, 5.41) is 5.57. The molecule has 130 valence electrons. The summed E-state index contributed by atoms with van der Waals surface area (Å²) in [6.45, 7) is 1.50. The van der Waals surface area contributed by atoms with Crippen LogP contribution in [0.5, 0.6) is 0 Å². The summed E-state index contributed by atoms with van der Waals surface area (Å²) in [5.41, 5.74) is 0.440. The molecule has 2 aromatic rings. The average molecular weight is 374 g/mol. The van der Waals surface area contributed by atoms with Gasteiger partial charge in [0, 0.05) is 24.7 Å². The molecule has 1 aromatic heterocycles. The molecule has 0 amide bonds. The molecule has 3 rings (SSSR count). The second-order valence-corrected chi connectivity index (χ2v) is 7.64. The van der Waals surface area contributed by atoms with Crippen LogP contribution >= 0.6 is 11.6 Å². The molecule has 3 N–H and O–H groups in total. The summed E-state index contributed by atoms with van der Waals surface area (Å²) < 4.78 is 38.8. The molecule has 1 aliphatic heterocycles. The molecule has 2 heterocycles. The van der Waals surface area contributed by atoms with Gasteiger partial charge in [-0.05, 0) is 30.9 Å². The van der Waals surface area contributed by atoms with E-state index in [1.165, 1.54) is 12.4 Å². The predicted octanol–water partition coefficient (Wildman–Crippen LogP) is 1.43. The van der Waals surface area contributed by atoms with Gasteiger partial charge in [-0.15, -0.1) is 0 Å². The molecule has 1 unspecified atom stereocenters. The number of nitrogens with zero attached hydrogens (tertiary/aromatic N) is 3. The van der Waals surface area contributed by atoms with Gasteiger partial charge in [-0.2, -0.15) is 8.42 Å². The molecule has 10 heteroatoms. The Labute approximate surface area is 144 Å². The van der Waals surface area contributed by atoms with E-state index in [4.69, 9.17) is 16.7 Å². The van der Waals surface area contributed by atoms with Crippen molar-refractivity contribution in [2.45, 2.75) is 12.8 Å². The Hall–Kier alpha value is -1.55. The Bertz CT molecular complexity index is 864. The zero-order valence-corrected chi connectivity index (χ0v) is 14.3. The number of nitrogens with one attached hydrogen (secondary N) is 1. The quantitative estimate of drug-likeness (QED) is 0.844. The Morgan fingerprint density at radius 3 is 2.96 bits per heavy atom. The highest BCUT2D eigenvalue weighted by atomic mass is 35.5. The average Bonchev–Trinajstić information content (AvgIpc) is 2.51. The number of anilines is 1. The standard InChI is InChI=1S/C14H17ClFN5O2S/c15-10-4-11(16)13-12(5-10)18-8-19-14(13)21-3-1-2-9(7-21)6-20-24(17,22)23/h4-5,8-9,20H,1-3,6-7H2,(H2,17,22,23). The van der Waals surface area contributed by atoms with Gasteiger partial charge >= 0.3 is 0 Å². The second-order valence-electron chi connectivity index (χ2n) is 5.83. The molecule has 1 atom stereocenters. The zero-order chi connectivity index (χ0) is 17.3. The monoisotopic (exact) mass is 373 g/mol. The minimum absolute atomic E-state index is 0.0671. The summed E-state index contributed by atoms with van der Waals surface area (Å²) in [6, 6.07) is 2.83. The van der Waals surface area contributed by atoms with Gasteiger partial charge in [0.15, 0.2) is 0 Å². The fraction of sp³-hybridized carbons (Fsp3) is 0.429. The topological polar surface area (TPSA) is 101 Å². The van der Waals surface area contributed by atoms with Crippen LogP contribution in [0.25, 0.3) is 10.9 Å². The Kier molecular flexibility index (Phi) is 4.86. The van der Waals surface area contributed by atoms with Crippen molar-refractivity contribution in [1.82, 2.24) is 14.7 Å². The third-order valence-corrected chi connectivity index (χ3v) is 4.81. The molecule has 0 radical (unpaired) electrons. The number of hydrogen-bond donors (Lipinski definition) is 2. The van der Waals surface area contributed by atoms with Crippen molar-refractivity contribution in [2.24, 2.45) is 11.1 Å². The normalized spacial score (nSPS) is 19.0. The number of benzene rings is 1. The van der Waals surface area contributed by atoms with Crippen LogP contribution in [0.15, 0.2) is 18.5 Å². The summed E-state index contributed by atoms with van der Waals surface area (Å²) in [6.07, 6.45) is 3.08. The van der Waals surface area contributed by atoms with Crippen LogP contribution in [0.3, 0.4) is 0 Å². The van der Waals surface area contributed by atoms with Gasteiger partial charge in [-0.25, -0.2) is 24.2 Å². The van der Waals surface area contributed by atoms with Crippen LogP contribution < -0.4 is 14.8 Å². The fourth-order valence-corrected chi connectivity index (χ4v) is 3.66. The lowest BCUT2D eigenvalue weighted by Gasteiger charge is -2.34. The second kappa shape index (κ2) is 6.75. The summed E-state index contributed by atoms with van der Waals surface area (Å²) in [4.78, 5) is 10.3. The van der Waals surface area contributed by atoms with Crippen molar-refractivity contribution in [2.75, 3.05) is 24.5 Å². The van der Waals surface area contributed by atoms with Crippen LogP contribution in [0.2, 0.25) is 5.02 Å². The van der Waals surface area contributed by atoms with E-state index in [1.807, 2.05) is 4.90 Å². The maximum Gasteiger partial charge on any atom is 0.274 e. The molecule has 1 saturated heterocycles. The van der Waals surface area contributed by atoms with E-state index in [9.17, 15) is 12.8 Å². The predicted molar refractivity (Wildman–Crippen MR) is 90.6 cm³/mol. The van der Waals surface area contributed by atoms with Crippen LogP contribution in [0, 0.1) is 11.7 Å². The first-order chi connectivity index (χ1) is 11.3. The van der Waals surface area contributed by atoms with Gasteiger partial charge in [0.25, 0.3) is 10.2 Å². The van der Waals surface area contributed by atoms with Gasteiger partial charge < -0.3 is 4.90 Å². The van der Waals surface area contributed by atoms with Crippen molar-refractivity contribution in [3.05, 3.63) is 29.3 Å². The van der Waals surface area contributed by atoms with Gasteiger partial charge in [0.2, 0.25) is 0 Å². The molecule has 24 heavy (non-hydrogen) atoms. The number of rotatable bonds is 4. The third-order valence-electron chi connectivity index (χ3n) is 4.03. The molecule has 1 aromatic carbocycles. The first-order valence-electron chi connectivity index (χ1n) is 7.45. The maximum absolute atomic E-state index is 14.4. The Balaban J connectivity index is 1.87. The van der Waals surface area contributed by atoms with E-state index >= 15 is 0 Å². The van der Waals surface area contributed by atoms with E-state index in [0.29, 0.717) is 29.8 Å². The van der Waals surface area contributed by atoms with Gasteiger partial charge in [0.1, 0.15) is 18.0 Å². The van der Waals surface area contributed by atoms with Gasteiger partial charge in [-0.1, -0.05) is 11.6 Å². The SMILES string of the molecule is NS(=O)(=O)NCC1CCCN(c2ncnc3cc(Cl)cc(F)c23)C1. The van der Waals surface area contributed by atoms with Crippen LogP contribution in [0.1, 0.15) is 12.8 Å². The maximum atomic E-state index is 14.4. The molecule has 1 aliphatic rings. The number of aromatic nitrogens is 2. The number of halogens is 2. The minimum atomic E-state index is -3.72. The van der Waals surface area contributed by atoms with Crippen LogP contribution in [0.4, 0.5) is 10.2 Å². The summed E-state index contributed by atoms with van der Waals surface area (Å²) in [7, 11) is -3.72. The largest absolute Gasteiger partial charge is 0.356 e. The highest BCUT2D eigenvalue weighted by Gasteiger charge is 2.24. The first-order valence-corrected chi connectivity index (χ1v) is 9.38. The Morgan fingerprint density at radius 2 is 2.21 bits per heavy atom. The fourth-order valence-electron chi connectivity index (χ4n) is 2.99.